The van der Waals surface area contributed by atoms with Gasteiger partial charge in [-0.25, -0.2) is 0 Å². The first-order chi connectivity index (χ1) is 7.11. The molecule has 0 aliphatic rings. The predicted molar refractivity (Wildman–Crippen MR) is 59.1 cm³/mol. The van der Waals surface area contributed by atoms with Gasteiger partial charge in [-0.2, -0.15) is 0 Å². The third kappa shape index (κ3) is 6.68. The summed E-state index contributed by atoms with van der Waals surface area (Å²) >= 11 is 0. The zero-order valence-corrected chi connectivity index (χ0v) is 9.08. The first-order valence-corrected chi connectivity index (χ1v) is 5.02. The summed E-state index contributed by atoms with van der Waals surface area (Å²) in [6.07, 6.45) is 2.31. The van der Waals surface area contributed by atoms with Crippen LogP contribution in [0.25, 0.3) is 0 Å². The summed E-state index contributed by atoms with van der Waals surface area (Å²) in [6, 6.07) is -0.572. The van der Waals surface area contributed by atoms with Crippen molar-refractivity contribution in [2.75, 3.05) is 13.1 Å². The van der Waals surface area contributed by atoms with E-state index in [0.29, 0.717) is 19.5 Å². The lowest BCUT2D eigenvalue weighted by atomic mass is 10.2. The van der Waals surface area contributed by atoms with Gasteiger partial charge < -0.3 is 16.4 Å². The molecule has 0 bridgehead atoms. The molecule has 4 N–H and O–H groups in total. The van der Waals surface area contributed by atoms with Gasteiger partial charge in [0.15, 0.2) is 0 Å². The number of carbonyl (C=O) groups is 2. The van der Waals surface area contributed by atoms with Gasteiger partial charge in [0, 0.05) is 19.5 Å². The minimum absolute atomic E-state index is 0.0740. The summed E-state index contributed by atoms with van der Waals surface area (Å²) in [4.78, 5) is 22.3. The Balaban J connectivity index is 3.62. The monoisotopic (exact) mass is 213 g/mol. The molecule has 5 heteroatoms. The number of hydrogen-bond donors (Lipinski definition) is 3. The van der Waals surface area contributed by atoms with Gasteiger partial charge >= 0.3 is 0 Å². The molecule has 0 aromatic carbocycles. The maximum atomic E-state index is 11.3. The molecule has 0 aromatic heterocycles. The second-order valence-electron chi connectivity index (χ2n) is 3.13. The van der Waals surface area contributed by atoms with Crippen LogP contribution in [0.1, 0.15) is 19.8 Å². The molecule has 0 spiro atoms. The zero-order valence-electron chi connectivity index (χ0n) is 9.08. The van der Waals surface area contributed by atoms with E-state index in [2.05, 4.69) is 17.2 Å². The lowest BCUT2D eigenvalue weighted by molar-refractivity contribution is -0.123. The fourth-order valence-electron chi connectivity index (χ4n) is 1.00. The minimum Gasteiger partial charge on any atom is -0.356 e. The molecule has 2 amide bonds. The summed E-state index contributed by atoms with van der Waals surface area (Å²) in [6.45, 7) is 6.25. The van der Waals surface area contributed by atoms with Gasteiger partial charge in [-0.3, -0.25) is 9.59 Å². The normalized spacial score (nSPS) is 11.6. The third-order valence-corrected chi connectivity index (χ3v) is 1.78. The van der Waals surface area contributed by atoms with Crippen molar-refractivity contribution >= 4 is 11.8 Å². The molecule has 15 heavy (non-hydrogen) atoms. The van der Waals surface area contributed by atoms with Crippen molar-refractivity contribution in [1.82, 2.24) is 10.6 Å². The number of amides is 2. The highest BCUT2D eigenvalue weighted by molar-refractivity contribution is 5.82. The van der Waals surface area contributed by atoms with Gasteiger partial charge in [-0.1, -0.05) is 6.08 Å². The Labute approximate surface area is 90.1 Å². The van der Waals surface area contributed by atoms with Crippen LogP contribution < -0.4 is 16.4 Å². The van der Waals surface area contributed by atoms with Crippen LogP contribution in [-0.2, 0) is 9.59 Å². The highest BCUT2D eigenvalue weighted by atomic mass is 16.2. The van der Waals surface area contributed by atoms with E-state index in [9.17, 15) is 9.59 Å². The Morgan fingerprint density at radius 2 is 2.13 bits per heavy atom. The molecular weight excluding hydrogens is 194 g/mol. The zero-order chi connectivity index (χ0) is 11.7. The van der Waals surface area contributed by atoms with E-state index in [0.717, 1.165) is 0 Å². The summed E-state index contributed by atoms with van der Waals surface area (Å²) in [5, 5.41) is 5.22. The largest absolute Gasteiger partial charge is 0.356 e. The van der Waals surface area contributed by atoms with Gasteiger partial charge in [0.2, 0.25) is 11.8 Å². The first kappa shape index (κ1) is 13.6. The van der Waals surface area contributed by atoms with Crippen molar-refractivity contribution in [1.29, 1.82) is 0 Å². The van der Waals surface area contributed by atoms with Gasteiger partial charge in [-0.05, 0) is 13.3 Å². The Morgan fingerprint density at radius 1 is 1.47 bits per heavy atom. The summed E-state index contributed by atoms with van der Waals surface area (Å²) in [7, 11) is 0. The number of carbonyl (C=O) groups excluding carboxylic acids is 2. The van der Waals surface area contributed by atoms with Crippen LogP contribution in [0.4, 0.5) is 0 Å². The Bertz CT molecular complexity index is 229. The average Bonchev–Trinajstić information content (AvgIpc) is 2.18. The fourth-order valence-corrected chi connectivity index (χ4v) is 1.00. The highest BCUT2D eigenvalue weighted by Crippen LogP contribution is 1.88. The van der Waals surface area contributed by atoms with Crippen LogP contribution in [0.15, 0.2) is 12.7 Å². The molecule has 0 saturated heterocycles. The van der Waals surface area contributed by atoms with Gasteiger partial charge in [-0.15, -0.1) is 6.58 Å². The first-order valence-electron chi connectivity index (χ1n) is 5.02. The van der Waals surface area contributed by atoms with Crippen LogP contribution in [0.2, 0.25) is 0 Å². The Hall–Kier alpha value is -1.36. The smallest absolute Gasteiger partial charge is 0.237 e. The van der Waals surface area contributed by atoms with E-state index >= 15 is 0 Å². The summed E-state index contributed by atoms with van der Waals surface area (Å²) in [5.74, 6) is -0.325. The summed E-state index contributed by atoms with van der Waals surface area (Å²) in [5.41, 5.74) is 5.52. The quantitative estimate of drug-likeness (QED) is 0.500. The van der Waals surface area contributed by atoms with Crippen molar-refractivity contribution in [2.24, 2.45) is 5.73 Å². The molecule has 0 rings (SSSR count). The van der Waals surface area contributed by atoms with E-state index in [1.54, 1.807) is 6.08 Å². The van der Waals surface area contributed by atoms with Crippen molar-refractivity contribution < 1.29 is 9.59 Å². The molecule has 1 atom stereocenters. The standard InChI is InChI=1S/C10H19N3O2/c1-3-5-8(11)10(15)13-7-6-9(14)12-4-2/h3,8H,1,4-7,11H2,2H3,(H,12,14)(H,13,15). The summed E-state index contributed by atoms with van der Waals surface area (Å²) < 4.78 is 0. The molecule has 0 aliphatic heterocycles. The van der Waals surface area contributed by atoms with Crippen LogP contribution in [0.5, 0.6) is 0 Å². The molecule has 0 radical (unpaired) electrons. The van der Waals surface area contributed by atoms with Gasteiger partial charge in [0.05, 0.1) is 6.04 Å². The van der Waals surface area contributed by atoms with Crippen LogP contribution in [-0.4, -0.2) is 30.9 Å². The van der Waals surface area contributed by atoms with Crippen molar-refractivity contribution in [2.45, 2.75) is 25.8 Å². The number of hydrogen-bond acceptors (Lipinski definition) is 3. The second-order valence-corrected chi connectivity index (χ2v) is 3.13. The van der Waals surface area contributed by atoms with E-state index in [4.69, 9.17) is 5.73 Å². The fraction of sp³-hybridized carbons (Fsp3) is 0.600. The van der Waals surface area contributed by atoms with Crippen LogP contribution in [0.3, 0.4) is 0 Å². The Kier molecular flexibility index (Phi) is 7.27. The average molecular weight is 213 g/mol. The number of nitrogens with two attached hydrogens (primary N) is 1. The van der Waals surface area contributed by atoms with Crippen molar-refractivity contribution in [3.8, 4) is 0 Å². The number of nitrogens with one attached hydrogen (secondary N) is 2. The molecule has 1 unspecified atom stereocenters. The molecular formula is C10H19N3O2. The highest BCUT2D eigenvalue weighted by Gasteiger charge is 2.10. The molecule has 5 nitrogen and oxygen atoms in total. The SMILES string of the molecule is C=CCC(N)C(=O)NCCC(=O)NCC. The van der Waals surface area contributed by atoms with E-state index < -0.39 is 6.04 Å². The molecule has 0 aliphatic carbocycles. The molecule has 0 heterocycles. The second kappa shape index (κ2) is 7.99. The minimum atomic E-state index is -0.572. The molecule has 0 fully saturated rings. The van der Waals surface area contributed by atoms with Crippen molar-refractivity contribution in [3.05, 3.63) is 12.7 Å². The number of rotatable bonds is 7. The van der Waals surface area contributed by atoms with Gasteiger partial charge in [0.25, 0.3) is 0 Å². The van der Waals surface area contributed by atoms with E-state index in [-0.39, 0.29) is 18.2 Å². The van der Waals surface area contributed by atoms with Crippen molar-refractivity contribution in [3.63, 3.8) is 0 Å². The predicted octanol–water partition coefficient (Wildman–Crippen LogP) is -0.468. The molecule has 0 aromatic rings. The van der Waals surface area contributed by atoms with E-state index in [1.807, 2.05) is 6.92 Å². The molecule has 0 saturated carbocycles. The maximum absolute atomic E-state index is 11.3. The van der Waals surface area contributed by atoms with Gasteiger partial charge in [0.1, 0.15) is 0 Å². The third-order valence-electron chi connectivity index (χ3n) is 1.78. The topological polar surface area (TPSA) is 84.2 Å². The molecule has 86 valence electrons. The maximum Gasteiger partial charge on any atom is 0.237 e. The van der Waals surface area contributed by atoms with Crippen LogP contribution >= 0.6 is 0 Å². The van der Waals surface area contributed by atoms with Crippen LogP contribution in [0, 0.1) is 0 Å². The van der Waals surface area contributed by atoms with E-state index in [1.165, 1.54) is 0 Å². The lowest BCUT2D eigenvalue weighted by Gasteiger charge is -2.09. The lowest BCUT2D eigenvalue weighted by Crippen LogP contribution is -2.41. The Morgan fingerprint density at radius 3 is 2.67 bits per heavy atom.